The molecule has 0 N–H and O–H groups in total. The van der Waals surface area contributed by atoms with Crippen LogP contribution in [0.15, 0.2) is 30.3 Å². The Labute approximate surface area is 176 Å². The van der Waals surface area contributed by atoms with Gasteiger partial charge in [0, 0.05) is 0 Å². The molecule has 1 aromatic rings. The Morgan fingerprint density at radius 2 is 0.769 bits per heavy atom. The topological polar surface area (TPSA) is 0 Å². The molecule has 172 valence electrons. The van der Waals surface area contributed by atoms with Gasteiger partial charge >= 0.3 is 0 Å². The number of unbranched alkanes of at least 4 members (excludes halogenated alkanes) is 4. The second-order valence-electron chi connectivity index (χ2n) is 3.72. The second-order valence-corrected chi connectivity index (χ2v) is 3.72. The average Bonchev–Trinajstić information content (AvgIpc) is 2.45. The summed E-state index contributed by atoms with van der Waals surface area (Å²) in [6.45, 7) is 14.6. The zero-order chi connectivity index (χ0) is 14.6. The lowest BCUT2D eigenvalue weighted by atomic mass is 10.2. The van der Waals surface area contributed by atoms with E-state index < -0.39 is 0 Å². The molecule has 0 unspecified atom stereocenters. The van der Waals surface area contributed by atoms with Crippen LogP contribution in [0, 0.1) is 6.92 Å². The Bertz CT molecular complexity index is 184. The van der Waals surface area contributed by atoms with Crippen LogP contribution in [-0.4, -0.2) is 0 Å². The molecule has 0 radical (unpaired) electrons. The number of rotatable bonds is 4. The van der Waals surface area contributed by atoms with Crippen molar-refractivity contribution in [2.24, 2.45) is 0 Å². The van der Waals surface area contributed by atoms with Gasteiger partial charge in [0.15, 0.2) is 0 Å². The molecule has 0 aromatic heterocycles. The summed E-state index contributed by atoms with van der Waals surface area (Å²) in [7, 11) is 0. The quantitative estimate of drug-likeness (QED) is 0.455. The van der Waals surface area contributed by atoms with E-state index in [0.29, 0.717) is 0 Å². The summed E-state index contributed by atoms with van der Waals surface area (Å²) in [6.07, 6.45) is 7.01. The third-order valence-electron chi connectivity index (χ3n) is 2.15. The molecule has 0 aliphatic heterocycles. The van der Waals surface area contributed by atoms with E-state index in [2.05, 4.69) is 32.9 Å². The van der Waals surface area contributed by atoms with Crippen molar-refractivity contribution in [3.8, 4) is 0 Å². The van der Waals surface area contributed by atoms with E-state index in [1.807, 2.05) is 45.9 Å². The van der Waals surface area contributed by atoms with Crippen LogP contribution < -0.4 is 0 Å². The summed E-state index contributed by atoms with van der Waals surface area (Å²) in [4.78, 5) is 0. The first-order chi connectivity index (χ1) is 8.81. The largest absolute Gasteiger partial charge is 0.0776 e. The van der Waals surface area contributed by atoms with Gasteiger partial charge in [0.05, 0.1) is 0 Å². The van der Waals surface area contributed by atoms with Crippen LogP contribution in [0.4, 0.5) is 0 Å². The molecule has 0 bridgehead atoms. The molecular weight excluding hydrogens is 312 g/mol. The van der Waals surface area contributed by atoms with Crippen LogP contribution in [0.2, 0.25) is 0 Å². The van der Waals surface area contributed by atoms with E-state index in [-0.39, 0.29) is 59.4 Å². The summed E-state index contributed by atoms with van der Waals surface area (Å²) < 4.78 is 0. The van der Waals surface area contributed by atoms with Gasteiger partial charge in [-0.1, -0.05) is 169 Å². The first kappa shape index (κ1) is 73.2. The highest BCUT2D eigenvalue weighted by molar-refractivity contribution is 5.11. The van der Waals surface area contributed by atoms with Crippen molar-refractivity contribution in [3.05, 3.63) is 35.9 Å². The molecule has 0 saturated carbocycles. The Kier molecular flexibility index (Phi) is 246. The molecule has 0 atom stereocenters. The summed E-state index contributed by atoms with van der Waals surface area (Å²) in [5.74, 6) is 0. The van der Waals surface area contributed by atoms with E-state index in [1.165, 1.54) is 37.7 Å². The Hall–Kier alpha value is -0.780. The number of hydrogen-bond acceptors (Lipinski definition) is 0. The number of benzene rings is 1. The molecule has 0 fully saturated rings. The zero-order valence-electron chi connectivity index (χ0n) is 13.9. The fourth-order valence-corrected chi connectivity index (χ4v) is 1.21. The summed E-state index contributed by atoms with van der Waals surface area (Å²) in [5, 5.41) is 0. The molecule has 0 heteroatoms. The molecule has 0 spiro atoms. The lowest BCUT2D eigenvalue weighted by molar-refractivity contribution is 0.656. The van der Waals surface area contributed by atoms with Crippen molar-refractivity contribution in [1.29, 1.82) is 0 Å². The third kappa shape index (κ3) is 91.1. The number of hydrogen-bond donors (Lipinski definition) is 0. The van der Waals surface area contributed by atoms with Gasteiger partial charge in [0.1, 0.15) is 0 Å². The van der Waals surface area contributed by atoms with Crippen molar-refractivity contribution < 1.29 is 0 Å². The van der Waals surface area contributed by atoms with Crippen molar-refractivity contribution in [2.45, 2.75) is 140 Å². The minimum Gasteiger partial charge on any atom is -0.0776 e. The highest BCUT2D eigenvalue weighted by atomic mass is 13.9. The molecule has 0 aliphatic carbocycles. The van der Waals surface area contributed by atoms with Gasteiger partial charge in [-0.15, -0.1) is 0 Å². The summed E-state index contributed by atoms with van der Waals surface area (Å²) >= 11 is 0. The lowest BCUT2D eigenvalue weighted by Gasteiger charge is -1.90. The minimum absolute atomic E-state index is 0. The van der Waals surface area contributed by atoms with E-state index in [9.17, 15) is 0 Å². The first-order valence-electron chi connectivity index (χ1n) is 7.82. The maximum atomic E-state index is 2.25. The smallest absolute Gasteiger partial charge is 0.0398 e. The van der Waals surface area contributed by atoms with Crippen LogP contribution in [0.3, 0.4) is 0 Å². The summed E-state index contributed by atoms with van der Waals surface area (Å²) in [5.41, 5.74) is 1.32. The molecular formula is C26H68. The first-order valence-corrected chi connectivity index (χ1v) is 7.82. The third-order valence-corrected chi connectivity index (χ3v) is 2.15. The van der Waals surface area contributed by atoms with Crippen molar-refractivity contribution in [3.63, 3.8) is 0 Å². The van der Waals surface area contributed by atoms with Gasteiger partial charge < -0.3 is 0 Å². The SMILES string of the molecule is C.C.C.C.C.C.C.C.CC.CC.CCCCCCC.Cc1ccccc1. The Morgan fingerprint density at radius 1 is 0.500 bits per heavy atom. The van der Waals surface area contributed by atoms with Crippen molar-refractivity contribution in [1.82, 2.24) is 0 Å². The highest BCUT2D eigenvalue weighted by Gasteiger charge is 1.80. The Morgan fingerprint density at radius 3 is 0.923 bits per heavy atom. The van der Waals surface area contributed by atoms with Gasteiger partial charge in [0.25, 0.3) is 0 Å². The predicted molar refractivity (Wildman–Crippen MR) is 142 cm³/mol. The second kappa shape index (κ2) is 87.4. The fourth-order valence-electron chi connectivity index (χ4n) is 1.21. The molecule has 0 amide bonds. The van der Waals surface area contributed by atoms with Crippen molar-refractivity contribution >= 4 is 0 Å². The van der Waals surface area contributed by atoms with Crippen LogP contribution in [0.25, 0.3) is 0 Å². The molecule has 0 heterocycles. The zero-order valence-corrected chi connectivity index (χ0v) is 13.9. The summed E-state index contributed by atoms with van der Waals surface area (Å²) in [6, 6.07) is 10.3. The molecule has 1 rings (SSSR count). The van der Waals surface area contributed by atoms with Crippen LogP contribution in [-0.2, 0) is 0 Å². The van der Waals surface area contributed by atoms with Gasteiger partial charge in [-0.3, -0.25) is 0 Å². The molecule has 0 aliphatic rings. The van der Waals surface area contributed by atoms with Gasteiger partial charge in [-0.05, 0) is 6.92 Å². The molecule has 1 aromatic carbocycles. The predicted octanol–water partition coefficient (Wildman–Crippen LogP) is 12.1. The van der Waals surface area contributed by atoms with Crippen LogP contribution in [0.1, 0.15) is 139 Å². The van der Waals surface area contributed by atoms with Crippen molar-refractivity contribution in [2.75, 3.05) is 0 Å². The maximum absolute atomic E-state index is 2.25. The minimum atomic E-state index is 0. The molecule has 0 nitrogen and oxygen atoms in total. The van der Waals surface area contributed by atoms with Crippen LogP contribution >= 0.6 is 0 Å². The lowest BCUT2D eigenvalue weighted by Crippen LogP contribution is -1.70. The molecule has 26 heavy (non-hydrogen) atoms. The van der Waals surface area contributed by atoms with Gasteiger partial charge in [0.2, 0.25) is 0 Å². The Balaban J connectivity index is -0.0000000128. The van der Waals surface area contributed by atoms with E-state index >= 15 is 0 Å². The van der Waals surface area contributed by atoms with Gasteiger partial charge in [-0.25, -0.2) is 0 Å². The molecule has 0 saturated heterocycles. The maximum Gasteiger partial charge on any atom is -0.0398 e. The van der Waals surface area contributed by atoms with Gasteiger partial charge in [-0.2, -0.15) is 0 Å². The monoisotopic (exact) mass is 381 g/mol. The van der Waals surface area contributed by atoms with E-state index in [1.54, 1.807) is 0 Å². The highest BCUT2D eigenvalue weighted by Crippen LogP contribution is 2.00. The van der Waals surface area contributed by atoms with E-state index in [0.717, 1.165) is 0 Å². The van der Waals surface area contributed by atoms with Crippen LogP contribution in [0.5, 0.6) is 0 Å². The standard InChI is InChI=1S/C7H8.C7H16.2C2H6.8CH4/c1-7-5-3-2-4-6-7;1-3-5-7-6-4-2;2*1-2;;;;;;;;/h2-6H,1H3;3-7H2,1-2H3;2*1-2H3;8*1H4. The van der Waals surface area contributed by atoms with E-state index in [4.69, 9.17) is 0 Å². The fraction of sp³-hybridized carbons (Fsp3) is 0.769. The number of aryl methyl sites for hydroxylation is 1. The average molecular weight is 381 g/mol. The normalized spacial score (nSPS) is 5.35.